The zero-order chi connectivity index (χ0) is 10.2. The molecule has 0 radical (unpaired) electrons. The molecule has 0 fully saturated rings. The first kappa shape index (κ1) is 19.8. The number of fused-ring (bicyclic) bond motifs is 1. The number of benzene rings is 1. The largest absolute Gasteiger partial charge is 0.156 e. The van der Waals surface area contributed by atoms with Gasteiger partial charge in [-0.25, -0.2) is 0 Å². The second kappa shape index (κ2) is 7.84. The summed E-state index contributed by atoms with van der Waals surface area (Å²) in [5.74, 6) is 0. The van der Waals surface area contributed by atoms with Gasteiger partial charge in [0.05, 0.1) is 0 Å². The van der Waals surface area contributed by atoms with Gasteiger partial charge in [-0.2, -0.15) is 11.6 Å². The monoisotopic (exact) mass is 363 g/mol. The average Bonchev–Trinajstić information content (AvgIpc) is 2.47. The minimum Gasteiger partial charge on any atom is -0.156 e. The zero-order valence-corrected chi connectivity index (χ0v) is 15.6. The van der Waals surface area contributed by atoms with Gasteiger partial charge in [-0.1, -0.05) is 31.8 Å². The normalized spacial score (nSPS) is 10.1. The van der Waals surface area contributed by atoms with Gasteiger partial charge in [0.1, 0.15) is 0 Å². The maximum atomic E-state index is 2.43. The van der Waals surface area contributed by atoms with Crippen molar-refractivity contribution in [3.63, 3.8) is 0 Å². The molecule has 2 rings (SSSR count). The molecule has 0 nitrogen and oxygen atoms in total. The molecule has 94 valence electrons. The topological polar surface area (TPSA) is 0 Å². The van der Waals surface area contributed by atoms with Crippen LogP contribution in [0.25, 0.3) is 10.8 Å². The number of halogens is 2. The van der Waals surface area contributed by atoms with Crippen LogP contribution in [-0.4, -0.2) is 8.07 Å². The van der Waals surface area contributed by atoms with Crippen molar-refractivity contribution in [3.8, 4) is 0 Å². The summed E-state index contributed by atoms with van der Waals surface area (Å²) in [6.45, 7) is 7.28. The van der Waals surface area contributed by atoms with Gasteiger partial charge in [-0.15, -0.1) is 59.9 Å². The van der Waals surface area contributed by atoms with Crippen molar-refractivity contribution in [2.45, 2.75) is 25.7 Å². The molecule has 0 bridgehead atoms. The first-order valence-corrected chi connectivity index (χ1v) is 8.90. The summed E-state index contributed by atoms with van der Waals surface area (Å²) < 4.78 is 0. The van der Waals surface area contributed by atoms with Crippen LogP contribution in [0.3, 0.4) is 0 Å². The second-order valence-corrected chi connectivity index (χ2v) is 10.7. The van der Waals surface area contributed by atoms with E-state index in [0.29, 0.717) is 0 Å². The molecule has 17 heavy (non-hydrogen) atoms. The van der Waals surface area contributed by atoms with Gasteiger partial charge in [0.15, 0.2) is 0 Å². The predicted molar refractivity (Wildman–Crippen MR) is 81.1 cm³/mol. The molecule has 0 aliphatic rings. The third-order valence-electron chi connectivity index (χ3n) is 2.49. The summed E-state index contributed by atoms with van der Waals surface area (Å²) in [6, 6.07) is 14.5. The van der Waals surface area contributed by atoms with E-state index in [1.807, 2.05) is 0 Å². The van der Waals surface area contributed by atoms with E-state index in [-0.39, 0.29) is 51.0 Å². The molecule has 0 amide bonds. The summed E-state index contributed by atoms with van der Waals surface area (Å²) in [6.07, 6.45) is 0. The first-order valence-electron chi connectivity index (χ1n) is 5.20. The quantitative estimate of drug-likeness (QED) is 0.529. The molecule has 2 aromatic rings. The minimum atomic E-state index is -0.979. The van der Waals surface area contributed by atoms with Crippen molar-refractivity contribution in [2.24, 2.45) is 0 Å². The second-order valence-electron chi connectivity index (χ2n) is 5.18. The molecule has 0 unspecified atom stereocenters. The third kappa shape index (κ3) is 5.34. The molecule has 0 aliphatic carbocycles. The molecule has 0 N–H and O–H groups in total. The van der Waals surface area contributed by atoms with Gasteiger partial charge >= 0.3 is 0 Å². The fraction of sp³-hybridized carbons (Fsp3) is 0.308. The average molecular weight is 366 g/mol. The van der Waals surface area contributed by atoms with Gasteiger partial charge in [0, 0.05) is 34.3 Å². The van der Waals surface area contributed by atoms with Crippen LogP contribution in [0.15, 0.2) is 36.4 Å². The molecule has 0 aliphatic heterocycles. The van der Waals surface area contributed by atoms with Crippen LogP contribution in [0.5, 0.6) is 0 Å². The number of hydrogen-bond donors (Lipinski definition) is 0. The van der Waals surface area contributed by atoms with E-state index in [1.165, 1.54) is 16.8 Å². The van der Waals surface area contributed by atoms with Gasteiger partial charge < -0.3 is 0 Å². The molecule has 0 heterocycles. The number of rotatable bonds is 2. The van der Waals surface area contributed by atoms with Crippen LogP contribution < -0.4 is 0 Å². The van der Waals surface area contributed by atoms with Gasteiger partial charge in [0.25, 0.3) is 0 Å². The fourth-order valence-corrected chi connectivity index (χ4v) is 3.39. The van der Waals surface area contributed by atoms with Crippen molar-refractivity contribution in [1.82, 2.24) is 0 Å². The van der Waals surface area contributed by atoms with Gasteiger partial charge in [-0.05, 0) is 0 Å². The van der Waals surface area contributed by atoms with Crippen LogP contribution in [-0.2, 0) is 32.2 Å². The van der Waals surface area contributed by atoms with Crippen LogP contribution >= 0.6 is 24.8 Å². The fourth-order valence-electron chi connectivity index (χ4n) is 1.94. The molecule has 0 atom stereocenters. The molecule has 2 aromatic carbocycles. The molecular formula is C13H19Cl2SiZr-. The maximum absolute atomic E-state index is 2.43. The molecule has 4 heteroatoms. The Morgan fingerprint density at radius 2 is 1.65 bits per heavy atom. The molecular weight excluding hydrogens is 346 g/mol. The van der Waals surface area contributed by atoms with Crippen LogP contribution in [0.4, 0.5) is 0 Å². The van der Waals surface area contributed by atoms with E-state index in [2.05, 4.69) is 56.0 Å². The molecule has 0 aromatic heterocycles. The summed E-state index contributed by atoms with van der Waals surface area (Å²) in [7, 11) is -0.979. The Hall–Kier alpha value is 0.510. The Morgan fingerprint density at radius 3 is 2.24 bits per heavy atom. The molecule has 0 saturated heterocycles. The predicted octanol–water partition coefficient (Wildman–Crippen LogP) is 4.82. The smallest absolute Gasteiger partial charge is 0.0391 e. The maximum Gasteiger partial charge on any atom is 0.0391 e. The zero-order valence-electron chi connectivity index (χ0n) is 10.5. The van der Waals surface area contributed by atoms with Crippen molar-refractivity contribution < 1.29 is 26.2 Å². The summed E-state index contributed by atoms with van der Waals surface area (Å²) in [5.41, 5.74) is 1.54. The van der Waals surface area contributed by atoms with E-state index < -0.39 is 8.07 Å². The summed E-state index contributed by atoms with van der Waals surface area (Å²) in [4.78, 5) is 0. The van der Waals surface area contributed by atoms with E-state index >= 15 is 0 Å². The van der Waals surface area contributed by atoms with Crippen molar-refractivity contribution in [2.75, 3.05) is 0 Å². The van der Waals surface area contributed by atoms with Crippen molar-refractivity contribution in [3.05, 3.63) is 42.0 Å². The Kier molecular flexibility index (Phi) is 9.15. The standard InChI is InChI=1S/C13H17Si.2ClH.Zr/c1-14(2,3)10-12-9-8-11-6-4-5-7-13(11)12;;;/h4-9H,10H2,1-3H3;2*1H;/q-1;;;. The minimum absolute atomic E-state index is 0. The van der Waals surface area contributed by atoms with E-state index in [0.717, 1.165) is 0 Å². The third-order valence-corrected chi connectivity index (χ3v) is 3.93. The SMILES string of the molecule is C[Si](C)(C)Cc1c[cH-]c2ccccc12.Cl.Cl.[Zr]. The Balaban J connectivity index is 0. The molecule has 0 spiro atoms. The number of hydrogen-bond acceptors (Lipinski definition) is 0. The van der Waals surface area contributed by atoms with E-state index in [9.17, 15) is 0 Å². The first-order chi connectivity index (χ1) is 6.56. The van der Waals surface area contributed by atoms with Crippen LogP contribution in [0, 0.1) is 0 Å². The molecule has 0 saturated carbocycles. The summed E-state index contributed by atoms with van der Waals surface area (Å²) in [5, 5.41) is 2.84. The Labute approximate surface area is 136 Å². The van der Waals surface area contributed by atoms with E-state index in [1.54, 1.807) is 5.56 Å². The van der Waals surface area contributed by atoms with E-state index in [4.69, 9.17) is 0 Å². The Bertz CT molecular complexity index is 446. The summed E-state index contributed by atoms with van der Waals surface area (Å²) >= 11 is 0. The van der Waals surface area contributed by atoms with Gasteiger partial charge in [0.2, 0.25) is 0 Å². The Morgan fingerprint density at radius 1 is 1.06 bits per heavy atom. The van der Waals surface area contributed by atoms with Crippen LogP contribution in [0.2, 0.25) is 19.6 Å². The van der Waals surface area contributed by atoms with Gasteiger partial charge in [-0.3, -0.25) is 0 Å². The van der Waals surface area contributed by atoms with Crippen molar-refractivity contribution in [1.29, 1.82) is 0 Å². The van der Waals surface area contributed by atoms with Crippen LogP contribution in [0.1, 0.15) is 5.56 Å². The van der Waals surface area contributed by atoms with Crippen molar-refractivity contribution >= 4 is 43.7 Å².